The van der Waals surface area contributed by atoms with Crippen molar-refractivity contribution in [2.45, 2.75) is 25.8 Å². The van der Waals surface area contributed by atoms with E-state index < -0.39 is 5.41 Å². The van der Waals surface area contributed by atoms with Gasteiger partial charge in [0.15, 0.2) is 0 Å². The van der Waals surface area contributed by atoms with Crippen molar-refractivity contribution in [1.82, 2.24) is 14.8 Å². The van der Waals surface area contributed by atoms with E-state index in [2.05, 4.69) is 63.8 Å². The molecule has 0 bridgehead atoms. The number of piperidine rings is 1. The summed E-state index contributed by atoms with van der Waals surface area (Å²) in [6, 6.07) is 17.0. The van der Waals surface area contributed by atoms with Gasteiger partial charge in [-0.3, -0.25) is 14.7 Å². The lowest BCUT2D eigenvalue weighted by molar-refractivity contribution is -0.143. The summed E-state index contributed by atoms with van der Waals surface area (Å²) in [7, 11) is 3.77. The van der Waals surface area contributed by atoms with E-state index in [9.17, 15) is 4.79 Å². The maximum absolute atomic E-state index is 13.5. The quantitative estimate of drug-likeness (QED) is 0.580. The average molecular weight is 420 g/mol. The predicted octanol–water partition coefficient (Wildman–Crippen LogP) is 4.72. The van der Waals surface area contributed by atoms with Crippen LogP contribution in [-0.2, 0) is 17.8 Å². The first-order valence-electron chi connectivity index (χ1n) is 10.5. The summed E-state index contributed by atoms with van der Waals surface area (Å²) in [6.45, 7) is 2.67. The lowest BCUT2D eigenvalue weighted by atomic mass is 9.73. The Hall–Kier alpha value is -2.50. The van der Waals surface area contributed by atoms with Crippen LogP contribution in [0.2, 0.25) is 0 Å². The minimum absolute atomic E-state index is 0.239. The zero-order valence-corrected chi connectivity index (χ0v) is 18.6. The molecule has 0 unspecified atom stereocenters. The third-order valence-corrected chi connectivity index (χ3v) is 6.91. The SMILES string of the molecule is CN(C)C(=O)[C@]1(Cc2ccccc2-c2cccs2)CCCN(Cc2ccncc2)C1. The van der Waals surface area contributed by atoms with Gasteiger partial charge in [-0.2, -0.15) is 0 Å². The monoisotopic (exact) mass is 419 g/mol. The number of carbonyl (C=O) groups is 1. The summed E-state index contributed by atoms with van der Waals surface area (Å²) in [5.74, 6) is 0.239. The standard InChI is InChI=1S/C25H29N3OS/c1-27(2)24(29)25(12-6-15-28(19-25)18-20-10-13-26-14-11-20)17-21-7-3-4-8-22(21)23-9-5-16-30-23/h3-5,7-11,13-14,16H,6,12,15,17-19H2,1-2H3/t25-/m0/s1. The van der Waals surface area contributed by atoms with E-state index in [0.29, 0.717) is 0 Å². The summed E-state index contributed by atoms with van der Waals surface area (Å²) in [5.41, 5.74) is 3.37. The molecule has 1 amide bonds. The second-order valence-electron chi connectivity index (χ2n) is 8.46. The Labute approximate surface area is 183 Å². The predicted molar refractivity (Wildman–Crippen MR) is 123 cm³/mol. The molecule has 1 fully saturated rings. The lowest BCUT2D eigenvalue weighted by Crippen LogP contribution is -2.52. The molecule has 30 heavy (non-hydrogen) atoms. The normalized spacial score (nSPS) is 19.5. The first kappa shape index (κ1) is 20.8. The van der Waals surface area contributed by atoms with Crippen LogP contribution in [0.3, 0.4) is 0 Å². The molecule has 1 aliphatic rings. The van der Waals surface area contributed by atoms with Crippen LogP contribution in [0.1, 0.15) is 24.0 Å². The van der Waals surface area contributed by atoms with Gasteiger partial charge >= 0.3 is 0 Å². The number of benzene rings is 1. The molecule has 1 atom stereocenters. The second kappa shape index (κ2) is 9.11. The summed E-state index contributed by atoms with van der Waals surface area (Å²) in [4.78, 5) is 23.1. The fourth-order valence-corrected chi connectivity index (χ4v) is 5.48. The molecule has 0 aliphatic carbocycles. The highest BCUT2D eigenvalue weighted by atomic mass is 32.1. The van der Waals surface area contributed by atoms with Crippen molar-refractivity contribution in [3.05, 3.63) is 77.4 Å². The third-order valence-electron chi connectivity index (χ3n) is 6.00. The van der Waals surface area contributed by atoms with Gasteiger partial charge in [0.05, 0.1) is 5.41 Å². The van der Waals surface area contributed by atoms with Gasteiger partial charge in [0.2, 0.25) is 5.91 Å². The Bertz CT molecular complexity index is 971. The highest BCUT2D eigenvalue weighted by molar-refractivity contribution is 7.13. The molecular weight excluding hydrogens is 390 g/mol. The molecule has 3 heterocycles. The van der Waals surface area contributed by atoms with E-state index >= 15 is 0 Å². The van der Waals surface area contributed by atoms with Crippen LogP contribution < -0.4 is 0 Å². The highest BCUT2D eigenvalue weighted by Crippen LogP contribution is 2.39. The zero-order valence-electron chi connectivity index (χ0n) is 17.8. The molecule has 1 aliphatic heterocycles. The Balaban J connectivity index is 1.65. The molecule has 4 nitrogen and oxygen atoms in total. The Morgan fingerprint density at radius 1 is 1.13 bits per heavy atom. The van der Waals surface area contributed by atoms with Gasteiger partial charge in [-0.05, 0) is 66.1 Å². The minimum Gasteiger partial charge on any atom is -0.348 e. The van der Waals surface area contributed by atoms with Gasteiger partial charge in [0.1, 0.15) is 0 Å². The van der Waals surface area contributed by atoms with Crippen molar-refractivity contribution in [2.75, 3.05) is 27.2 Å². The van der Waals surface area contributed by atoms with Crippen LogP contribution in [0.5, 0.6) is 0 Å². The van der Waals surface area contributed by atoms with E-state index in [4.69, 9.17) is 0 Å². The molecular formula is C25H29N3OS. The van der Waals surface area contributed by atoms with E-state index in [1.807, 2.05) is 26.5 Å². The van der Waals surface area contributed by atoms with Crippen molar-refractivity contribution >= 4 is 17.2 Å². The first-order valence-corrected chi connectivity index (χ1v) is 11.4. The van der Waals surface area contributed by atoms with Crippen molar-refractivity contribution in [2.24, 2.45) is 5.41 Å². The fraction of sp³-hybridized carbons (Fsp3) is 0.360. The van der Waals surface area contributed by atoms with Crippen LogP contribution >= 0.6 is 11.3 Å². The maximum Gasteiger partial charge on any atom is 0.229 e. The van der Waals surface area contributed by atoms with Crippen LogP contribution in [-0.4, -0.2) is 47.9 Å². The van der Waals surface area contributed by atoms with E-state index in [-0.39, 0.29) is 5.91 Å². The largest absolute Gasteiger partial charge is 0.348 e. The lowest BCUT2D eigenvalue weighted by Gasteiger charge is -2.43. The zero-order chi connectivity index (χ0) is 21.0. The van der Waals surface area contributed by atoms with Crippen LogP contribution in [0.15, 0.2) is 66.3 Å². The van der Waals surface area contributed by atoms with E-state index in [1.54, 1.807) is 16.2 Å². The summed E-state index contributed by atoms with van der Waals surface area (Å²) >= 11 is 1.76. The smallest absolute Gasteiger partial charge is 0.229 e. The molecule has 1 aromatic carbocycles. The van der Waals surface area contributed by atoms with Crippen LogP contribution in [0.4, 0.5) is 0 Å². The summed E-state index contributed by atoms with van der Waals surface area (Å²) in [5, 5.41) is 2.11. The number of thiophene rings is 1. The molecule has 0 saturated carbocycles. The van der Waals surface area contributed by atoms with Gasteiger partial charge in [-0.1, -0.05) is 30.3 Å². The highest BCUT2D eigenvalue weighted by Gasteiger charge is 2.43. The van der Waals surface area contributed by atoms with Crippen molar-refractivity contribution in [3.63, 3.8) is 0 Å². The number of hydrogen-bond acceptors (Lipinski definition) is 4. The topological polar surface area (TPSA) is 36.4 Å². The number of pyridine rings is 1. The molecule has 2 aromatic heterocycles. The average Bonchev–Trinajstić information content (AvgIpc) is 3.29. The number of amides is 1. The number of nitrogens with zero attached hydrogens (tertiary/aromatic N) is 3. The van der Waals surface area contributed by atoms with Crippen LogP contribution in [0, 0.1) is 5.41 Å². The number of rotatable bonds is 6. The van der Waals surface area contributed by atoms with Crippen molar-refractivity contribution < 1.29 is 4.79 Å². The van der Waals surface area contributed by atoms with Crippen molar-refractivity contribution in [3.8, 4) is 10.4 Å². The van der Waals surface area contributed by atoms with Gasteiger partial charge in [0.25, 0.3) is 0 Å². The van der Waals surface area contributed by atoms with Gasteiger partial charge in [-0.15, -0.1) is 11.3 Å². The summed E-state index contributed by atoms with van der Waals surface area (Å²) < 4.78 is 0. The molecule has 0 radical (unpaired) electrons. The molecule has 0 spiro atoms. The molecule has 0 N–H and O–H groups in total. The molecule has 156 valence electrons. The second-order valence-corrected chi connectivity index (χ2v) is 9.41. The van der Waals surface area contributed by atoms with Gasteiger partial charge < -0.3 is 4.90 Å². The maximum atomic E-state index is 13.5. The fourth-order valence-electron chi connectivity index (χ4n) is 4.69. The third kappa shape index (κ3) is 4.47. The Kier molecular flexibility index (Phi) is 6.30. The summed E-state index contributed by atoms with van der Waals surface area (Å²) in [6.07, 6.45) is 6.41. The molecule has 4 rings (SSSR count). The first-order chi connectivity index (χ1) is 14.6. The number of likely N-dealkylation sites (tertiary alicyclic amines) is 1. The minimum atomic E-state index is -0.401. The molecule has 3 aromatic rings. The van der Waals surface area contributed by atoms with Crippen molar-refractivity contribution in [1.29, 1.82) is 0 Å². The van der Waals surface area contributed by atoms with Gasteiger partial charge in [-0.25, -0.2) is 0 Å². The Morgan fingerprint density at radius 2 is 1.93 bits per heavy atom. The van der Waals surface area contributed by atoms with E-state index in [1.165, 1.54) is 21.6 Å². The Morgan fingerprint density at radius 3 is 2.67 bits per heavy atom. The van der Waals surface area contributed by atoms with Crippen LogP contribution in [0.25, 0.3) is 10.4 Å². The van der Waals surface area contributed by atoms with E-state index in [0.717, 1.165) is 38.9 Å². The number of aromatic nitrogens is 1. The number of hydrogen-bond donors (Lipinski definition) is 0. The molecule has 5 heteroatoms. The molecule has 1 saturated heterocycles. The van der Waals surface area contributed by atoms with Gasteiger partial charge in [0, 0.05) is 44.5 Å². The number of carbonyl (C=O) groups excluding carboxylic acids is 1.